The molecule has 0 fully saturated rings. The first-order chi connectivity index (χ1) is 12.5. The van der Waals surface area contributed by atoms with Crippen LogP contribution in [0.1, 0.15) is 44.4 Å². The van der Waals surface area contributed by atoms with E-state index in [0.29, 0.717) is 5.92 Å². The van der Waals surface area contributed by atoms with Crippen LogP contribution >= 0.6 is 0 Å². The number of nitrogens with zero attached hydrogens (tertiary/aromatic N) is 2. The molecule has 0 radical (unpaired) electrons. The highest BCUT2D eigenvalue weighted by molar-refractivity contribution is 5.45. The van der Waals surface area contributed by atoms with Crippen molar-refractivity contribution in [1.82, 2.24) is 4.57 Å². The number of pyridine rings is 1. The lowest BCUT2D eigenvalue weighted by Gasteiger charge is -2.22. The normalized spacial score (nSPS) is 12.8. The largest absolute Gasteiger partial charge is 0.303 e. The Kier molecular flexibility index (Phi) is 7.65. The summed E-state index contributed by atoms with van der Waals surface area (Å²) in [5.74, 6) is 0.412. The predicted octanol–water partition coefficient (Wildman–Crippen LogP) is 5.66. The standard InChI is InChI=1S/C24H32N2/c1-19(2)17-18-23-15-10-16-24(25-5)26(23)21(4)20(3)11-9-14-22-12-7-6-8-13-22/h6-8,10,12-13,15-16,20H,1,4,9,11,14,17-18H2,2-3,5H3. The van der Waals surface area contributed by atoms with Crippen LogP contribution < -0.4 is 5.49 Å². The van der Waals surface area contributed by atoms with Gasteiger partial charge in [-0.15, -0.1) is 6.58 Å². The van der Waals surface area contributed by atoms with Crippen molar-refractivity contribution in [2.75, 3.05) is 7.05 Å². The van der Waals surface area contributed by atoms with Gasteiger partial charge in [-0.3, -0.25) is 4.99 Å². The Morgan fingerprint density at radius 3 is 2.42 bits per heavy atom. The van der Waals surface area contributed by atoms with E-state index in [-0.39, 0.29) is 0 Å². The molecular weight excluding hydrogens is 316 g/mol. The second kappa shape index (κ2) is 9.96. The van der Waals surface area contributed by atoms with E-state index in [1.54, 1.807) is 0 Å². The van der Waals surface area contributed by atoms with Crippen LogP contribution in [0.4, 0.5) is 0 Å². The fourth-order valence-corrected chi connectivity index (χ4v) is 3.23. The maximum atomic E-state index is 4.47. The van der Waals surface area contributed by atoms with Crippen LogP contribution in [0.5, 0.6) is 0 Å². The van der Waals surface area contributed by atoms with E-state index in [9.17, 15) is 0 Å². The van der Waals surface area contributed by atoms with Crippen molar-refractivity contribution in [3.8, 4) is 0 Å². The van der Waals surface area contributed by atoms with Gasteiger partial charge in [0.25, 0.3) is 0 Å². The number of rotatable bonds is 9. The first kappa shape index (κ1) is 20.0. The highest BCUT2D eigenvalue weighted by atomic mass is 15.0. The summed E-state index contributed by atoms with van der Waals surface area (Å²) >= 11 is 0. The summed E-state index contributed by atoms with van der Waals surface area (Å²) in [6, 6.07) is 17.0. The monoisotopic (exact) mass is 348 g/mol. The highest BCUT2D eigenvalue weighted by Gasteiger charge is 2.12. The summed E-state index contributed by atoms with van der Waals surface area (Å²) in [4.78, 5) is 4.47. The second-order valence-corrected chi connectivity index (χ2v) is 7.16. The van der Waals surface area contributed by atoms with Gasteiger partial charge < -0.3 is 4.57 Å². The van der Waals surface area contributed by atoms with E-state index in [0.717, 1.165) is 43.3 Å². The molecule has 2 nitrogen and oxygen atoms in total. The molecule has 2 aromatic rings. The summed E-state index contributed by atoms with van der Waals surface area (Å²) in [5, 5.41) is 0. The molecule has 0 amide bonds. The maximum absolute atomic E-state index is 4.47. The molecule has 1 atom stereocenters. The van der Waals surface area contributed by atoms with E-state index in [1.807, 2.05) is 7.05 Å². The molecule has 26 heavy (non-hydrogen) atoms. The maximum Gasteiger partial charge on any atom is 0.131 e. The van der Waals surface area contributed by atoms with E-state index in [4.69, 9.17) is 0 Å². The summed E-state index contributed by atoms with van der Waals surface area (Å²) in [6.45, 7) is 12.8. The minimum atomic E-state index is 0.412. The minimum Gasteiger partial charge on any atom is -0.303 e. The van der Waals surface area contributed by atoms with Crippen molar-refractivity contribution in [3.05, 3.63) is 84.0 Å². The van der Waals surface area contributed by atoms with Crippen molar-refractivity contribution >= 4 is 5.70 Å². The Morgan fingerprint density at radius 2 is 1.77 bits per heavy atom. The minimum absolute atomic E-state index is 0.412. The van der Waals surface area contributed by atoms with Gasteiger partial charge in [0.2, 0.25) is 0 Å². The van der Waals surface area contributed by atoms with E-state index < -0.39 is 0 Å². The van der Waals surface area contributed by atoms with Gasteiger partial charge in [-0.1, -0.05) is 55.5 Å². The van der Waals surface area contributed by atoms with Gasteiger partial charge in [0.1, 0.15) is 5.49 Å². The average Bonchev–Trinajstić information content (AvgIpc) is 2.66. The molecule has 138 valence electrons. The summed E-state index contributed by atoms with van der Waals surface area (Å²) in [6.07, 6.45) is 5.36. The van der Waals surface area contributed by atoms with E-state index in [1.165, 1.54) is 16.8 Å². The molecule has 2 heteroatoms. The van der Waals surface area contributed by atoms with E-state index in [2.05, 4.69) is 85.1 Å². The van der Waals surface area contributed by atoms with Crippen LogP contribution in [0.2, 0.25) is 0 Å². The van der Waals surface area contributed by atoms with Gasteiger partial charge in [0.15, 0.2) is 0 Å². The van der Waals surface area contributed by atoms with Gasteiger partial charge in [0, 0.05) is 18.4 Å². The fourth-order valence-electron chi connectivity index (χ4n) is 3.23. The smallest absolute Gasteiger partial charge is 0.131 e. The third kappa shape index (κ3) is 5.59. The summed E-state index contributed by atoms with van der Waals surface area (Å²) in [5.41, 5.74) is 5.98. The molecule has 0 spiro atoms. The first-order valence-corrected chi connectivity index (χ1v) is 9.54. The summed E-state index contributed by atoms with van der Waals surface area (Å²) < 4.78 is 2.25. The van der Waals surface area contributed by atoms with Crippen molar-refractivity contribution in [2.24, 2.45) is 10.9 Å². The zero-order valence-electron chi connectivity index (χ0n) is 16.5. The Balaban J connectivity index is 2.10. The number of hydrogen-bond acceptors (Lipinski definition) is 1. The Morgan fingerprint density at radius 1 is 1.04 bits per heavy atom. The summed E-state index contributed by atoms with van der Waals surface area (Å²) in [7, 11) is 1.85. The molecule has 0 N–H and O–H groups in total. The molecular formula is C24H32N2. The van der Waals surface area contributed by atoms with Crippen LogP contribution in [-0.4, -0.2) is 11.6 Å². The van der Waals surface area contributed by atoms with Crippen molar-refractivity contribution in [2.45, 2.75) is 46.0 Å². The molecule has 1 heterocycles. The lowest BCUT2D eigenvalue weighted by Crippen LogP contribution is -2.25. The third-order valence-corrected chi connectivity index (χ3v) is 4.89. The predicted molar refractivity (Wildman–Crippen MR) is 113 cm³/mol. The second-order valence-electron chi connectivity index (χ2n) is 7.16. The van der Waals surface area contributed by atoms with Gasteiger partial charge >= 0.3 is 0 Å². The average molecular weight is 349 g/mol. The van der Waals surface area contributed by atoms with Crippen molar-refractivity contribution < 1.29 is 0 Å². The molecule has 2 rings (SSSR count). The lowest BCUT2D eigenvalue weighted by molar-refractivity contribution is 0.591. The first-order valence-electron chi connectivity index (χ1n) is 9.54. The molecule has 0 bridgehead atoms. The van der Waals surface area contributed by atoms with E-state index >= 15 is 0 Å². The molecule has 0 saturated carbocycles. The Bertz CT molecular complexity index is 796. The zero-order chi connectivity index (χ0) is 18.9. The highest BCUT2D eigenvalue weighted by Crippen LogP contribution is 2.22. The van der Waals surface area contributed by atoms with Gasteiger partial charge in [0.05, 0.1) is 0 Å². The molecule has 1 unspecified atom stereocenters. The molecule has 0 aliphatic heterocycles. The van der Waals surface area contributed by atoms with Gasteiger partial charge in [-0.25, -0.2) is 0 Å². The number of benzene rings is 1. The topological polar surface area (TPSA) is 17.3 Å². The molecule has 1 aromatic carbocycles. The molecule has 1 aromatic heterocycles. The fraction of sp³-hybridized carbons (Fsp3) is 0.375. The Labute approximate surface area is 158 Å². The van der Waals surface area contributed by atoms with Gasteiger partial charge in [-0.2, -0.15) is 0 Å². The number of aromatic nitrogens is 1. The number of allylic oxidation sites excluding steroid dienone is 2. The van der Waals surface area contributed by atoms with Crippen LogP contribution in [-0.2, 0) is 12.8 Å². The van der Waals surface area contributed by atoms with Crippen molar-refractivity contribution in [1.29, 1.82) is 0 Å². The number of aryl methyl sites for hydroxylation is 2. The van der Waals surface area contributed by atoms with Gasteiger partial charge in [-0.05, 0) is 62.6 Å². The third-order valence-electron chi connectivity index (χ3n) is 4.89. The van der Waals surface area contributed by atoms with Crippen LogP contribution in [0.15, 0.2) is 72.3 Å². The quantitative estimate of drug-likeness (QED) is 0.521. The van der Waals surface area contributed by atoms with Crippen LogP contribution in [0.25, 0.3) is 5.70 Å². The molecule has 0 aliphatic carbocycles. The van der Waals surface area contributed by atoms with Crippen molar-refractivity contribution in [3.63, 3.8) is 0 Å². The molecule has 0 saturated heterocycles. The lowest BCUT2D eigenvalue weighted by atomic mass is 9.98. The number of hydrogen-bond donors (Lipinski definition) is 0. The SMILES string of the molecule is C=C(C)CCc1cccc(=NC)n1C(=C)C(C)CCCc1ccccc1. The Hall–Kier alpha value is -2.35. The molecule has 0 aliphatic rings. The van der Waals surface area contributed by atoms with Crippen LogP contribution in [0, 0.1) is 5.92 Å². The zero-order valence-corrected chi connectivity index (χ0v) is 16.5. The van der Waals surface area contributed by atoms with Crippen LogP contribution in [0.3, 0.4) is 0 Å².